The molecule has 0 aliphatic rings. The van der Waals surface area contributed by atoms with Crippen molar-refractivity contribution < 1.29 is 18.8 Å². The number of halogens is 1. The van der Waals surface area contributed by atoms with Crippen LogP contribution in [0.5, 0.6) is 0 Å². The van der Waals surface area contributed by atoms with Crippen LogP contribution in [-0.4, -0.2) is 29.8 Å². The number of benzene rings is 2. The van der Waals surface area contributed by atoms with Crippen molar-refractivity contribution in [2.24, 2.45) is 5.73 Å². The van der Waals surface area contributed by atoms with E-state index in [0.29, 0.717) is 18.4 Å². The van der Waals surface area contributed by atoms with Gasteiger partial charge in [-0.3, -0.25) is 14.4 Å². The molecule has 0 heterocycles. The third kappa shape index (κ3) is 7.73. The summed E-state index contributed by atoms with van der Waals surface area (Å²) < 4.78 is 13.4. The van der Waals surface area contributed by atoms with E-state index in [2.05, 4.69) is 10.6 Å². The van der Waals surface area contributed by atoms with E-state index in [9.17, 15) is 18.8 Å². The van der Waals surface area contributed by atoms with Gasteiger partial charge in [0.1, 0.15) is 17.9 Å². The van der Waals surface area contributed by atoms with Crippen LogP contribution in [0, 0.1) is 5.82 Å². The summed E-state index contributed by atoms with van der Waals surface area (Å²) in [5.74, 6) is -2.01. The van der Waals surface area contributed by atoms with Crippen LogP contribution < -0.4 is 16.4 Å². The second-order valence-corrected chi connectivity index (χ2v) is 6.93. The zero-order valence-electron chi connectivity index (χ0n) is 16.4. The summed E-state index contributed by atoms with van der Waals surface area (Å²) >= 11 is 0. The molecule has 154 valence electrons. The normalized spacial score (nSPS) is 12.6. The van der Waals surface area contributed by atoms with Crippen molar-refractivity contribution in [1.29, 1.82) is 0 Å². The monoisotopic (exact) mass is 399 g/mol. The number of rotatable bonds is 10. The van der Waals surface area contributed by atoms with Crippen LogP contribution in [-0.2, 0) is 27.2 Å². The SMILES string of the molecule is CC(=O)N[C@H](Cc1cccc(F)c1)C(=O)N[C@H](CCCc1ccccc1)C(N)=O. The summed E-state index contributed by atoms with van der Waals surface area (Å²) in [6.45, 7) is 1.29. The number of nitrogens with two attached hydrogens (primary N) is 1. The average molecular weight is 399 g/mol. The van der Waals surface area contributed by atoms with Crippen molar-refractivity contribution in [3.8, 4) is 0 Å². The molecule has 2 rings (SSSR count). The fraction of sp³-hybridized carbons (Fsp3) is 0.318. The molecule has 0 unspecified atom stereocenters. The molecule has 29 heavy (non-hydrogen) atoms. The van der Waals surface area contributed by atoms with E-state index in [1.165, 1.54) is 25.1 Å². The second kappa shape index (κ2) is 10.9. The quantitative estimate of drug-likeness (QED) is 0.568. The van der Waals surface area contributed by atoms with Gasteiger partial charge in [-0.2, -0.15) is 0 Å². The van der Waals surface area contributed by atoms with Crippen LogP contribution in [0.3, 0.4) is 0 Å². The van der Waals surface area contributed by atoms with Crippen LogP contribution in [0.4, 0.5) is 4.39 Å². The minimum atomic E-state index is -0.940. The van der Waals surface area contributed by atoms with E-state index in [1.807, 2.05) is 30.3 Å². The van der Waals surface area contributed by atoms with Gasteiger partial charge >= 0.3 is 0 Å². The summed E-state index contributed by atoms with van der Waals surface area (Å²) in [6.07, 6.45) is 1.88. The first-order chi connectivity index (χ1) is 13.8. The summed E-state index contributed by atoms with van der Waals surface area (Å²) in [7, 11) is 0. The molecule has 0 bridgehead atoms. The van der Waals surface area contributed by atoms with Crippen molar-refractivity contribution in [2.75, 3.05) is 0 Å². The Morgan fingerprint density at radius 1 is 0.966 bits per heavy atom. The number of hydrogen-bond acceptors (Lipinski definition) is 3. The molecule has 0 radical (unpaired) electrons. The van der Waals surface area contributed by atoms with Gasteiger partial charge in [0.2, 0.25) is 17.7 Å². The molecule has 0 aliphatic heterocycles. The summed E-state index contributed by atoms with van der Waals surface area (Å²) in [4.78, 5) is 36.0. The largest absolute Gasteiger partial charge is 0.368 e. The Labute approximate surface area is 169 Å². The number of carbonyl (C=O) groups is 3. The first kappa shape index (κ1) is 22.1. The Hall–Kier alpha value is -3.22. The Kier molecular flexibility index (Phi) is 8.33. The summed E-state index contributed by atoms with van der Waals surface area (Å²) in [5, 5.41) is 5.17. The predicted octanol–water partition coefficient (Wildman–Crippen LogP) is 1.87. The van der Waals surface area contributed by atoms with E-state index in [0.717, 1.165) is 12.0 Å². The number of nitrogens with one attached hydrogen (secondary N) is 2. The van der Waals surface area contributed by atoms with Gasteiger partial charge in [0, 0.05) is 13.3 Å². The molecular formula is C22H26FN3O3. The van der Waals surface area contributed by atoms with Gasteiger partial charge in [-0.15, -0.1) is 0 Å². The molecular weight excluding hydrogens is 373 g/mol. The van der Waals surface area contributed by atoms with Crippen LogP contribution in [0.1, 0.15) is 30.9 Å². The number of hydrogen-bond donors (Lipinski definition) is 3. The molecule has 2 atom stereocenters. The van der Waals surface area contributed by atoms with Crippen LogP contribution in [0.25, 0.3) is 0 Å². The van der Waals surface area contributed by atoms with Gasteiger partial charge in [-0.25, -0.2) is 4.39 Å². The number of amides is 3. The highest BCUT2D eigenvalue weighted by Crippen LogP contribution is 2.09. The number of primary amides is 1. The van der Waals surface area contributed by atoms with Gasteiger partial charge in [-0.05, 0) is 42.5 Å². The predicted molar refractivity (Wildman–Crippen MR) is 108 cm³/mol. The molecule has 6 nitrogen and oxygen atoms in total. The lowest BCUT2D eigenvalue weighted by Crippen LogP contribution is -2.53. The number of aryl methyl sites for hydroxylation is 1. The van der Waals surface area contributed by atoms with Gasteiger partial charge in [0.05, 0.1) is 0 Å². The van der Waals surface area contributed by atoms with E-state index in [1.54, 1.807) is 6.07 Å². The van der Waals surface area contributed by atoms with E-state index < -0.39 is 35.6 Å². The van der Waals surface area contributed by atoms with E-state index >= 15 is 0 Å². The van der Waals surface area contributed by atoms with Gasteiger partial charge in [-0.1, -0.05) is 42.5 Å². The zero-order valence-corrected chi connectivity index (χ0v) is 16.4. The van der Waals surface area contributed by atoms with Crippen LogP contribution in [0.15, 0.2) is 54.6 Å². The molecule has 2 aromatic rings. The van der Waals surface area contributed by atoms with Crippen molar-refractivity contribution in [1.82, 2.24) is 10.6 Å². The molecule has 0 fully saturated rings. The Morgan fingerprint density at radius 3 is 2.28 bits per heavy atom. The van der Waals surface area contributed by atoms with E-state index in [4.69, 9.17) is 5.73 Å². The summed E-state index contributed by atoms with van der Waals surface area (Å²) in [5.41, 5.74) is 7.13. The molecule has 0 aromatic heterocycles. The fourth-order valence-corrected chi connectivity index (χ4v) is 3.07. The minimum absolute atomic E-state index is 0.0959. The molecule has 2 aromatic carbocycles. The second-order valence-electron chi connectivity index (χ2n) is 6.93. The summed E-state index contributed by atoms with van der Waals surface area (Å²) in [6, 6.07) is 13.8. The van der Waals surface area contributed by atoms with Crippen LogP contribution >= 0.6 is 0 Å². The van der Waals surface area contributed by atoms with Gasteiger partial charge in [0.15, 0.2) is 0 Å². The molecule has 7 heteroatoms. The van der Waals surface area contributed by atoms with Crippen molar-refractivity contribution >= 4 is 17.7 Å². The topological polar surface area (TPSA) is 101 Å². The van der Waals surface area contributed by atoms with Gasteiger partial charge < -0.3 is 16.4 Å². The first-order valence-electron chi connectivity index (χ1n) is 9.50. The molecule has 0 aliphatic carbocycles. The zero-order chi connectivity index (χ0) is 21.2. The lowest BCUT2D eigenvalue weighted by atomic mass is 10.0. The van der Waals surface area contributed by atoms with E-state index in [-0.39, 0.29) is 6.42 Å². The maximum absolute atomic E-state index is 13.4. The fourth-order valence-electron chi connectivity index (χ4n) is 3.07. The van der Waals surface area contributed by atoms with Crippen molar-refractivity contribution in [3.63, 3.8) is 0 Å². The Bertz CT molecular complexity index is 842. The lowest BCUT2D eigenvalue weighted by molar-refractivity contribution is -0.130. The molecule has 4 N–H and O–H groups in total. The highest BCUT2D eigenvalue weighted by molar-refractivity contribution is 5.91. The number of carbonyl (C=O) groups excluding carboxylic acids is 3. The highest BCUT2D eigenvalue weighted by atomic mass is 19.1. The highest BCUT2D eigenvalue weighted by Gasteiger charge is 2.25. The minimum Gasteiger partial charge on any atom is -0.368 e. The molecule has 0 saturated carbocycles. The molecule has 0 spiro atoms. The lowest BCUT2D eigenvalue weighted by Gasteiger charge is -2.21. The Balaban J connectivity index is 1.99. The molecule has 3 amide bonds. The van der Waals surface area contributed by atoms with Crippen molar-refractivity contribution in [3.05, 3.63) is 71.5 Å². The smallest absolute Gasteiger partial charge is 0.243 e. The maximum Gasteiger partial charge on any atom is 0.243 e. The average Bonchev–Trinajstić information content (AvgIpc) is 2.67. The Morgan fingerprint density at radius 2 is 1.66 bits per heavy atom. The third-order valence-electron chi connectivity index (χ3n) is 4.48. The standard InChI is InChI=1S/C22H26FN3O3/c1-15(27)25-20(14-17-10-5-11-18(23)13-17)22(29)26-19(21(24)28)12-6-9-16-7-3-2-4-8-16/h2-5,7-8,10-11,13,19-20H,6,9,12,14H2,1H3,(H2,24,28)(H,25,27)(H,26,29)/t19-,20-/m1/s1. The maximum atomic E-state index is 13.4. The van der Waals surface area contributed by atoms with Crippen LogP contribution in [0.2, 0.25) is 0 Å². The van der Waals surface area contributed by atoms with Gasteiger partial charge in [0.25, 0.3) is 0 Å². The molecule has 0 saturated heterocycles. The third-order valence-corrected chi connectivity index (χ3v) is 4.48. The van der Waals surface area contributed by atoms with Crippen molar-refractivity contribution in [2.45, 2.75) is 44.7 Å². The first-order valence-corrected chi connectivity index (χ1v) is 9.50.